The normalized spacial score (nSPS) is 20.0. The third-order valence-electron chi connectivity index (χ3n) is 4.06. The molecule has 108 valence electrons. The highest BCUT2D eigenvalue weighted by molar-refractivity contribution is 6.30. The van der Waals surface area contributed by atoms with Crippen LogP contribution in [0.3, 0.4) is 0 Å². The number of hydrogen-bond acceptors (Lipinski definition) is 3. The standard InChI is InChI=1S/C17H16ClNO2/c18-12-5-3-11(4-6-12)17-19-10-14-13-2-1-9-20-15(13)7-8-16(14)21-17/h3-8,17,19H,1-2,9-10H2. The van der Waals surface area contributed by atoms with E-state index in [0.29, 0.717) is 0 Å². The number of nitrogens with one attached hydrogen (secondary N) is 1. The molecule has 2 aliphatic rings. The molecule has 1 unspecified atom stereocenters. The molecule has 2 aliphatic heterocycles. The molecule has 2 aromatic rings. The largest absolute Gasteiger partial charge is 0.493 e. The van der Waals surface area contributed by atoms with Gasteiger partial charge >= 0.3 is 0 Å². The highest BCUT2D eigenvalue weighted by Crippen LogP contribution is 2.38. The minimum absolute atomic E-state index is 0.127. The molecule has 1 N–H and O–H groups in total. The molecule has 0 fully saturated rings. The van der Waals surface area contributed by atoms with Gasteiger partial charge in [0.1, 0.15) is 11.5 Å². The van der Waals surface area contributed by atoms with E-state index >= 15 is 0 Å². The smallest absolute Gasteiger partial charge is 0.176 e. The molecule has 0 amide bonds. The van der Waals surface area contributed by atoms with Gasteiger partial charge in [0.15, 0.2) is 6.23 Å². The summed E-state index contributed by atoms with van der Waals surface area (Å²) in [7, 11) is 0. The molecule has 4 heteroatoms. The van der Waals surface area contributed by atoms with Crippen LogP contribution < -0.4 is 14.8 Å². The van der Waals surface area contributed by atoms with Crippen LogP contribution in [-0.2, 0) is 13.0 Å². The Morgan fingerprint density at radius 3 is 2.67 bits per heavy atom. The average Bonchev–Trinajstić information content (AvgIpc) is 2.55. The molecule has 0 aliphatic carbocycles. The summed E-state index contributed by atoms with van der Waals surface area (Å²) in [5.41, 5.74) is 3.61. The molecule has 2 aromatic carbocycles. The van der Waals surface area contributed by atoms with E-state index in [1.165, 1.54) is 11.1 Å². The van der Waals surface area contributed by atoms with Crippen molar-refractivity contribution in [3.05, 3.63) is 58.1 Å². The zero-order valence-corrected chi connectivity index (χ0v) is 12.3. The van der Waals surface area contributed by atoms with Crippen LogP contribution in [-0.4, -0.2) is 6.61 Å². The summed E-state index contributed by atoms with van der Waals surface area (Å²) in [6, 6.07) is 11.8. The number of halogens is 1. The minimum atomic E-state index is -0.127. The molecule has 21 heavy (non-hydrogen) atoms. The van der Waals surface area contributed by atoms with Gasteiger partial charge in [-0.2, -0.15) is 0 Å². The van der Waals surface area contributed by atoms with Crippen molar-refractivity contribution >= 4 is 11.6 Å². The third-order valence-corrected chi connectivity index (χ3v) is 4.31. The third kappa shape index (κ3) is 2.37. The Morgan fingerprint density at radius 1 is 1.00 bits per heavy atom. The summed E-state index contributed by atoms with van der Waals surface area (Å²) in [5.74, 6) is 1.97. The van der Waals surface area contributed by atoms with E-state index in [1.807, 2.05) is 36.4 Å². The summed E-state index contributed by atoms with van der Waals surface area (Å²) in [6.07, 6.45) is 2.01. The molecule has 0 saturated carbocycles. The van der Waals surface area contributed by atoms with Gasteiger partial charge in [0.2, 0.25) is 0 Å². The van der Waals surface area contributed by atoms with Crippen LogP contribution in [0.1, 0.15) is 29.3 Å². The Labute approximate surface area is 128 Å². The molecule has 1 atom stereocenters. The highest BCUT2D eigenvalue weighted by Gasteiger charge is 2.25. The molecular weight excluding hydrogens is 286 g/mol. The quantitative estimate of drug-likeness (QED) is 0.868. The van der Waals surface area contributed by atoms with Crippen molar-refractivity contribution < 1.29 is 9.47 Å². The monoisotopic (exact) mass is 301 g/mol. The van der Waals surface area contributed by atoms with Crippen LogP contribution in [0.5, 0.6) is 11.5 Å². The van der Waals surface area contributed by atoms with Gasteiger partial charge in [-0.05, 0) is 37.1 Å². The van der Waals surface area contributed by atoms with Crippen molar-refractivity contribution in [2.24, 2.45) is 0 Å². The van der Waals surface area contributed by atoms with Crippen LogP contribution in [0.25, 0.3) is 0 Å². The van der Waals surface area contributed by atoms with Gasteiger partial charge < -0.3 is 9.47 Å². The summed E-state index contributed by atoms with van der Waals surface area (Å²) in [5, 5.41) is 4.18. The number of ether oxygens (including phenoxy) is 2. The first kappa shape index (κ1) is 13.0. The molecule has 0 spiro atoms. The van der Waals surface area contributed by atoms with Crippen LogP contribution in [0, 0.1) is 0 Å². The van der Waals surface area contributed by atoms with E-state index in [2.05, 4.69) is 5.32 Å². The zero-order valence-electron chi connectivity index (χ0n) is 11.6. The van der Waals surface area contributed by atoms with Crippen LogP contribution in [0.15, 0.2) is 36.4 Å². The lowest BCUT2D eigenvalue weighted by molar-refractivity contribution is 0.142. The van der Waals surface area contributed by atoms with Crippen LogP contribution in [0.4, 0.5) is 0 Å². The van der Waals surface area contributed by atoms with Gasteiger partial charge in [0, 0.05) is 28.3 Å². The highest BCUT2D eigenvalue weighted by atomic mass is 35.5. The van der Waals surface area contributed by atoms with Gasteiger partial charge in [-0.1, -0.05) is 23.7 Å². The van der Waals surface area contributed by atoms with E-state index in [4.69, 9.17) is 21.1 Å². The lowest BCUT2D eigenvalue weighted by Gasteiger charge is -2.31. The Morgan fingerprint density at radius 2 is 1.81 bits per heavy atom. The number of benzene rings is 2. The molecule has 0 radical (unpaired) electrons. The van der Waals surface area contributed by atoms with Crippen LogP contribution >= 0.6 is 11.6 Å². The van der Waals surface area contributed by atoms with Gasteiger partial charge in [0.05, 0.1) is 6.61 Å². The topological polar surface area (TPSA) is 30.5 Å². The molecule has 0 bridgehead atoms. The van der Waals surface area contributed by atoms with Gasteiger partial charge in [-0.3, -0.25) is 5.32 Å². The fourth-order valence-electron chi connectivity index (χ4n) is 2.98. The predicted octanol–water partition coefficient (Wildman–Crippen LogP) is 3.85. The van der Waals surface area contributed by atoms with Gasteiger partial charge in [-0.15, -0.1) is 0 Å². The lowest BCUT2D eigenvalue weighted by atomic mass is 9.97. The van der Waals surface area contributed by atoms with E-state index in [-0.39, 0.29) is 6.23 Å². The summed E-state index contributed by atoms with van der Waals surface area (Å²) in [6.45, 7) is 1.61. The maximum absolute atomic E-state index is 6.11. The second-order valence-corrected chi connectivity index (χ2v) is 5.84. The zero-order chi connectivity index (χ0) is 14.2. The maximum atomic E-state index is 6.11. The number of fused-ring (bicyclic) bond motifs is 3. The average molecular weight is 302 g/mol. The Kier molecular flexibility index (Phi) is 3.24. The first-order chi connectivity index (χ1) is 10.3. The van der Waals surface area contributed by atoms with E-state index < -0.39 is 0 Å². The molecule has 0 aromatic heterocycles. The first-order valence-electron chi connectivity index (χ1n) is 7.24. The molecule has 4 rings (SSSR count). The molecular formula is C17H16ClNO2. The fraction of sp³-hybridized carbons (Fsp3) is 0.294. The summed E-state index contributed by atoms with van der Waals surface area (Å²) < 4.78 is 11.8. The minimum Gasteiger partial charge on any atom is -0.493 e. The van der Waals surface area contributed by atoms with E-state index in [1.54, 1.807) is 0 Å². The first-order valence-corrected chi connectivity index (χ1v) is 7.62. The SMILES string of the molecule is Clc1ccc(C2NCc3c(ccc4c3CCCO4)O2)cc1. The molecule has 2 heterocycles. The fourth-order valence-corrected chi connectivity index (χ4v) is 3.11. The van der Waals surface area contributed by atoms with Crippen LogP contribution in [0.2, 0.25) is 5.02 Å². The van der Waals surface area contributed by atoms with Crippen molar-refractivity contribution in [1.82, 2.24) is 5.32 Å². The van der Waals surface area contributed by atoms with Crippen molar-refractivity contribution in [2.75, 3.05) is 6.61 Å². The van der Waals surface area contributed by atoms with Gasteiger partial charge in [-0.25, -0.2) is 0 Å². The van der Waals surface area contributed by atoms with Gasteiger partial charge in [0.25, 0.3) is 0 Å². The number of rotatable bonds is 1. The van der Waals surface area contributed by atoms with E-state index in [0.717, 1.165) is 48.1 Å². The van der Waals surface area contributed by atoms with E-state index in [9.17, 15) is 0 Å². The molecule has 3 nitrogen and oxygen atoms in total. The lowest BCUT2D eigenvalue weighted by Crippen LogP contribution is -2.31. The second-order valence-electron chi connectivity index (χ2n) is 5.40. The predicted molar refractivity (Wildman–Crippen MR) is 81.9 cm³/mol. The number of hydrogen-bond donors (Lipinski definition) is 1. The Bertz CT molecular complexity index is 669. The summed E-state index contributed by atoms with van der Waals surface area (Å²) in [4.78, 5) is 0. The van der Waals surface area contributed by atoms with Crippen molar-refractivity contribution in [3.63, 3.8) is 0 Å². The maximum Gasteiger partial charge on any atom is 0.176 e. The second kappa shape index (κ2) is 5.24. The van der Waals surface area contributed by atoms with Crippen molar-refractivity contribution in [3.8, 4) is 11.5 Å². The van der Waals surface area contributed by atoms with Crippen molar-refractivity contribution in [1.29, 1.82) is 0 Å². The Hall–Kier alpha value is -1.71. The van der Waals surface area contributed by atoms with Crippen molar-refractivity contribution in [2.45, 2.75) is 25.6 Å². The summed E-state index contributed by atoms with van der Waals surface area (Å²) >= 11 is 5.94. The Balaban J connectivity index is 1.65. The molecule has 0 saturated heterocycles.